The van der Waals surface area contributed by atoms with Gasteiger partial charge in [-0.2, -0.15) is 0 Å². The first-order valence-electron chi connectivity index (χ1n) is 8.11. The van der Waals surface area contributed by atoms with Crippen molar-refractivity contribution in [2.45, 2.75) is 65.2 Å². The summed E-state index contributed by atoms with van der Waals surface area (Å²) < 4.78 is 14.2. The molecule has 0 unspecified atom stereocenters. The summed E-state index contributed by atoms with van der Waals surface area (Å²) in [4.78, 5) is 0. The first-order valence-corrected chi connectivity index (χ1v) is 8.49. The van der Waals surface area contributed by atoms with Gasteiger partial charge in [-0.25, -0.2) is 4.39 Å². The molecule has 0 nitrogen and oxygen atoms in total. The van der Waals surface area contributed by atoms with Gasteiger partial charge >= 0.3 is 0 Å². The van der Waals surface area contributed by atoms with Crippen LogP contribution in [0.4, 0.5) is 4.39 Å². The van der Waals surface area contributed by atoms with E-state index in [1.165, 1.54) is 32.1 Å². The predicted octanol–water partition coefficient (Wildman–Crippen LogP) is 6.19. The minimum Gasteiger partial charge on any atom is -0.205 e. The SMILES string of the molecule is CCc1ccc(CCC2CCC(CC)CC2)c(F)c1Cl. The number of halogens is 2. The van der Waals surface area contributed by atoms with Gasteiger partial charge in [-0.3, -0.25) is 0 Å². The lowest BCUT2D eigenvalue weighted by Crippen LogP contribution is -2.14. The fraction of sp³-hybridized carbons (Fsp3) is 0.667. The molecule has 1 saturated carbocycles. The van der Waals surface area contributed by atoms with Crippen LogP contribution in [0, 0.1) is 17.7 Å². The first kappa shape index (κ1) is 15.8. The van der Waals surface area contributed by atoms with Crippen LogP contribution in [0.3, 0.4) is 0 Å². The summed E-state index contributed by atoms with van der Waals surface area (Å²) in [5, 5.41) is 0.333. The molecule has 2 rings (SSSR count). The Morgan fingerprint density at radius 1 is 1.05 bits per heavy atom. The van der Waals surface area contributed by atoms with Gasteiger partial charge in [0.2, 0.25) is 0 Å². The summed E-state index contributed by atoms with van der Waals surface area (Å²) in [6.45, 7) is 4.30. The average Bonchev–Trinajstić information content (AvgIpc) is 2.49. The molecule has 1 aliphatic rings. The van der Waals surface area contributed by atoms with Gasteiger partial charge in [-0.1, -0.05) is 69.7 Å². The third kappa shape index (κ3) is 3.75. The minimum absolute atomic E-state index is 0.187. The van der Waals surface area contributed by atoms with Crippen LogP contribution in [0.5, 0.6) is 0 Å². The molecule has 0 aliphatic heterocycles. The van der Waals surface area contributed by atoms with Gasteiger partial charge in [0.05, 0.1) is 5.02 Å². The Morgan fingerprint density at radius 2 is 1.65 bits per heavy atom. The predicted molar refractivity (Wildman–Crippen MR) is 84.8 cm³/mol. The summed E-state index contributed by atoms with van der Waals surface area (Å²) in [6.07, 6.45) is 9.40. The highest BCUT2D eigenvalue weighted by molar-refractivity contribution is 6.31. The lowest BCUT2D eigenvalue weighted by molar-refractivity contribution is 0.258. The Balaban J connectivity index is 1.90. The third-order valence-corrected chi connectivity index (χ3v) is 5.40. The second-order valence-corrected chi connectivity index (χ2v) is 6.58. The highest BCUT2D eigenvalue weighted by atomic mass is 35.5. The zero-order valence-electron chi connectivity index (χ0n) is 12.7. The molecule has 0 amide bonds. The molecule has 0 atom stereocenters. The lowest BCUT2D eigenvalue weighted by Gasteiger charge is -2.27. The van der Waals surface area contributed by atoms with Crippen molar-refractivity contribution < 1.29 is 4.39 Å². The molecule has 1 aliphatic carbocycles. The molecule has 0 aromatic heterocycles. The fourth-order valence-corrected chi connectivity index (χ4v) is 3.70. The molecule has 1 aromatic rings. The number of rotatable bonds is 5. The normalized spacial score (nSPS) is 23.0. The maximum Gasteiger partial charge on any atom is 0.145 e. The zero-order valence-corrected chi connectivity index (χ0v) is 13.5. The largest absolute Gasteiger partial charge is 0.205 e. The Kier molecular flexibility index (Phi) is 5.89. The van der Waals surface area contributed by atoms with Crippen molar-refractivity contribution in [3.05, 3.63) is 34.1 Å². The van der Waals surface area contributed by atoms with Gasteiger partial charge in [0.15, 0.2) is 0 Å². The molecule has 0 saturated heterocycles. The summed E-state index contributed by atoms with van der Waals surface area (Å²) in [5.41, 5.74) is 1.71. The van der Waals surface area contributed by atoms with E-state index in [2.05, 4.69) is 6.92 Å². The van der Waals surface area contributed by atoms with Crippen LogP contribution in [0.15, 0.2) is 12.1 Å². The van der Waals surface area contributed by atoms with E-state index in [0.717, 1.165) is 42.2 Å². The van der Waals surface area contributed by atoms with Crippen molar-refractivity contribution in [1.29, 1.82) is 0 Å². The van der Waals surface area contributed by atoms with E-state index in [1.807, 2.05) is 19.1 Å². The highest BCUT2D eigenvalue weighted by Crippen LogP contribution is 2.33. The molecule has 0 radical (unpaired) electrons. The molecular weight excluding hydrogens is 271 g/mol. The second-order valence-electron chi connectivity index (χ2n) is 6.20. The van der Waals surface area contributed by atoms with Crippen LogP contribution in [0.1, 0.15) is 63.5 Å². The quantitative estimate of drug-likeness (QED) is 0.607. The van der Waals surface area contributed by atoms with Gasteiger partial charge in [-0.05, 0) is 42.2 Å². The molecule has 1 fully saturated rings. The molecule has 0 N–H and O–H groups in total. The Bertz CT molecular complexity index is 433. The second kappa shape index (κ2) is 7.45. The average molecular weight is 297 g/mol. The number of hydrogen-bond donors (Lipinski definition) is 0. The van der Waals surface area contributed by atoms with Crippen LogP contribution in [-0.2, 0) is 12.8 Å². The molecular formula is C18H26ClF. The zero-order chi connectivity index (χ0) is 14.5. The van der Waals surface area contributed by atoms with Crippen LogP contribution in [0.2, 0.25) is 5.02 Å². The van der Waals surface area contributed by atoms with Crippen molar-refractivity contribution in [2.75, 3.05) is 0 Å². The fourth-order valence-electron chi connectivity index (χ4n) is 3.38. The van der Waals surface area contributed by atoms with Gasteiger partial charge in [-0.15, -0.1) is 0 Å². The van der Waals surface area contributed by atoms with Crippen molar-refractivity contribution in [3.8, 4) is 0 Å². The lowest BCUT2D eigenvalue weighted by atomic mass is 9.78. The molecule has 0 heterocycles. The van der Waals surface area contributed by atoms with E-state index in [4.69, 9.17) is 11.6 Å². The van der Waals surface area contributed by atoms with E-state index in [9.17, 15) is 4.39 Å². The molecule has 2 heteroatoms. The van der Waals surface area contributed by atoms with E-state index < -0.39 is 0 Å². The van der Waals surface area contributed by atoms with Gasteiger partial charge in [0.25, 0.3) is 0 Å². The summed E-state index contributed by atoms with van der Waals surface area (Å²) >= 11 is 6.08. The molecule has 112 valence electrons. The van der Waals surface area contributed by atoms with Crippen LogP contribution in [0.25, 0.3) is 0 Å². The number of benzene rings is 1. The standard InChI is InChI=1S/C18H26ClF/c1-3-13-5-7-14(8-6-13)9-10-16-12-11-15(4-2)17(19)18(16)20/h11-14H,3-10H2,1-2H3. The number of aryl methyl sites for hydroxylation is 2. The van der Waals surface area contributed by atoms with Gasteiger partial charge < -0.3 is 0 Å². The molecule has 0 spiro atoms. The van der Waals surface area contributed by atoms with Crippen LogP contribution in [-0.4, -0.2) is 0 Å². The van der Waals surface area contributed by atoms with Crippen molar-refractivity contribution in [2.24, 2.45) is 11.8 Å². The molecule has 20 heavy (non-hydrogen) atoms. The van der Waals surface area contributed by atoms with Crippen molar-refractivity contribution in [1.82, 2.24) is 0 Å². The molecule has 1 aromatic carbocycles. The Morgan fingerprint density at radius 3 is 2.25 bits per heavy atom. The van der Waals surface area contributed by atoms with E-state index in [-0.39, 0.29) is 5.82 Å². The highest BCUT2D eigenvalue weighted by Gasteiger charge is 2.20. The van der Waals surface area contributed by atoms with Crippen molar-refractivity contribution in [3.63, 3.8) is 0 Å². The van der Waals surface area contributed by atoms with E-state index >= 15 is 0 Å². The summed E-state index contributed by atoms with van der Waals surface area (Å²) in [5.74, 6) is 1.52. The Labute approximate surface area is 127 Å². The van der Waals surface area contributed by atoms with Crippen LogP contribution < -0.4 is 0 Å². The van der Waals surface area contributed by atoms with Gasteiger partial charge in [0, 0.05) is 0 Å². The monoisotopic (exact) mass is 296 g/mol. The first-order chi connectivity index (χ1) is 9.65. The van der Waals surface area contributed by atoms with E-state index in [1.54, 1.807) is 0 Å². The maximum absolute atomic E-state index is 14.2. The molecule has 0 bridgehead atoms. The number of hydrogen-bond acceptors (Lipinski definition) is 0. The minimum atomic E-state index is -0.187. The topological polar surface area (TPSA) is 0 Å². The maximum atomic E-state index is 14.2. The van der Waals surface area contributed by atoms with Gasteiger partial charge in [0.1, 0.15) is 5.82 Å². The third-order valence-electron chi connectivity index (χ3n) is 4.99. The summed E-state index contributed by atoms with van der Waals surface area (Å²) in [7, 11) is 0. The van der Waals surface area contributed by atoms with Crippen molar-refractivity contribution >= 4 is 11.6 Å². The van der Waals surface area contributed by atoms with Crippen LogP contribution >= 0.6 is 11.6 Å². The Hall–Kier alpha value is -0.560. The van der Waals surface area contributed by atoms with E-state index in [0.29, 0.717) is 5.02 Å². The summed E-state index contributed by atoms with van der Waals surface area (Å²) in [6, 6.07) is 3.91. The smallest absolute Gasteiger partial charge is 0.145 e.